The fourth-order valence-corrected chi connectivity index (χ4v) is 0.491. The van der Waals surface area contributed by atoms with E-state index in [-0.39, 0.29) is 0 Å². The second-order valence-corrected chi connectivity index (χ2v) is 1.57. The van der Waals surface area contributed by atoms with E-state index in [0.29, 0.717) is 5.84 Å². The van der Waals surface area contributed by atoms with Crippen LogP contribution in [0.3, 0.4) is 0 Å². The van der Waals surface area contributed by atoms with Crippen LogP contribution in [0.2, 0.25) is 0 Å². The summed E-state index contributed by atoms with van der Waals surface area (Å²) in [7, 11) is 0. The largest absolute Gasteiger partial charge is 0.382 e. The molecule has 0 fully saturated rings. The van der Waals surface area contributed by atoms with Gasteiger partial charge >= 0.3 is 0 Å². The van der Waals surface area contributed by atoms with Crippen molar-refractivity contribution >= 4 is 17.6 Å². The number of nitrogens with one attached hydrogen (secondary N) is 1. The van der Waals surface area contributed by atoms with E-state index >= 15 is 0 Å². The summed E-state index contributed by atoms with van der Waals surface area (Å²) >= 11 is 5.31. The van der Waals surface area contributed by atoms with Gasteiger partial charge in [-0.2, -0.15) is 0 Å². The lowest BCUT2D eigenvalue weighted by Gasteiger charge is -2.11. The lowest BCUT2D eigenvalue weighted by molar-refractivity contribution is 0.411. The molecule has 0 radical (unpaired) electrons. The van der Waals surface area contributed by atoms with E-state index < -0.39 is 0 Å². The molecule has 0 aromatic carbocycles. The maximum absolute atomic E-state index is 5.31. The molecule has 0 saturated heterocycles. The second kappa shape index (κ2) is 1.92. The molecule has 0 spiro atoms. The average Bonchev–Trinajstić information content (AvgIpc) is 1.64. The highest BCUT2D eigenvalue weighted by molar-refractivity contribution is 6.13. The van der Waals surface area contributed by atoms with Crippen LogP contribution in [0.25, 0.3) is 0 Å². The first-order valence-electron chi connectivity index (χ1n) is 2.02. The number of hydrazone groups is 1. The van der Waals surface area contributed by atoms with E-state index in [2.05, 4.69) is 10.5 Å². The van der Waals surface area contributed by atoms with Crippen LogP contribution in [0, 0.1) is 0 Å². The predicted molar refractivity (Wildman–Crippen MR) is 31.6 cm³/mol. The highest BCUT2D eigenvalue weighted by atomic mass is 35.5. The van der Waals surface area contributed by atoms with Crippen LogP contribution in [0.15, 0.2) is 17.4 Å². The molecule has 0 aliphatic carbocycles. The second-order valence-electron chi connectivity index (χ2n) is 1.25. The molecule has 0 bridgehead atoms. The van der Waals surface area contributed by atoms with Crippen molar-refractivity contribution in [2.45, 2.75) is 0 Å². The Labute approximate surface area is 51.7 Å². The van der Waals surface area contributed by atoms with Gasteiger partial charge in [0.2, 0.25) is 0 Å². The summed E-state index contributed by atoms with van der Waals surface area (Å²) in [6, 6.07) is 0. The van der Waals surface area contributed by atoms with Crippen LogP contribution in [0.5, 0.6) is 0 Å². The van der Waals surface area contributed by atoms with E-state index in [1.807, 2.05) is 0 Å². The molecule has 0 saturated carbocycles. The summed E-state index contributed by atoms with van der Waals surface area (Å²) in [5.41, 5.74) is 7.79. The topological polar surface area (TPSA) is 53.6 Å². The molecule has 0 atom stereocenters. The van der Waals surface area contributed by atoms with E-state index in [0.717, 1.165) is 4.64 Å². The first-order chi connectivity index (χ1) is 3.79. The Morgan fingerprint density at radius 3 is 3.00 bits per heavy atom. The molecule has 4 nitrogen and oxygen atoms in total. The number of nitrogens with zero attached hydrogens (tertiary/aromatic N) is 2. The molecule has 1 aliphatic heterocycles. The van der Waals surface area contributed by atoms with Crippen LogP contribution < -0.4 is 11.2 Å². The van der Waals surface area contributed by atoms with Gasteiger partial charge in [-0.1, -0.05) is 0 Å². The Morgan fingerprint density at radius 2 is 2.62 bits per heavy atom. The Hall–Kier alpha value is -0.900. The highest BCUT2D eigenvalue weighted by Crippen LogP contribution is 1.93. The molecular formula is C3H5ClN4. The van der Waals surface area contributed by atoms with Crippen LogP contribution in [-0.4, -0.2) is 10.5 Å². The van der Waals surface area contributed by atoms with E-state index in [4.69, 9.17) is 17.5 Å². The number of hydrogen-bond acceptors (Lipinski definition) is 4. The third kappa shape index (κ3) is 1.04. The molecule has 5 heteroatoms. The monoisotopic (exact) mass is 132 g/mol. The number of hydrazine groups is 1. The minimum atomic E-state index is 0.388. The van der Waals surface area contributed by atoms with Crippen LogP contribution in [0.1, 0.15) is 0 Å². The van der Waals surface area contributed by atoms with Crippen LogP contribution >= 0.6 is 11.8 Å². The van der Waals surface area contributed by atoms with Gasteiger partial charge in [0, 0.05) is 6.20 Å². The zero-order valence-corrected chi connectivity index (χ0v) is 4.76. The standard InChI is InChI=1S/C3H5ClN4/c4-8-6-2-1-3(5)7-8/h1-2,6H,(H2,5,7). The van der Waals surface area contributed by atoms with E-state index in [1.54, 1.807) is 12.3 Å². The van der Waals surface area contributed by atoms with E-state index in [1.165, 1.54) is 0 Å². The van der Waals surface area contributed by atoms with Crippen molar-refractivity contribution in [3.8, 4) is 0 Å². The Kier molecular flexibility index (Phi) is 1.26. The molecular weight excluding hydrogens is 128 g/mol. The Morgan fingerprint density at radius 1 is 1.88 bits per heavy atom. The van der Waals surface area contributed by atoms with Gasteiger partial charge in [0.25, 0.3) is 0 Å². The van der Waals surface area contributed by atoms with Gasteiger partial charge in [-0.05, 0) is 6.08 Å². The summed E-state index contributed by atoms with van der Waals surface area (Å²) in [6.45, 7) is 0. The number of amidine groups is 1. The fourth-order valence-electron chi connectivity index (χ4n) is 0.348. The smallest absolute Gasteiger partial charge is 0.148 e. The number of rotatable bonds is 0. The number of nitrogens with two attached hydrogens (primary N) is 1. The van der Waals surface area contributed by atoms with Crippen molar-refractivity contribution in [2.24, 2.45) is 10.8 Å². The maximum atomic E-state index is 5.31. The average molecular weight is 133 g/mol. The molecule has 1 heterocycles. The van der Waals surface area contributed by atoms with Crippen molar-refractivity contribution in [3.05, 3.63) is 12.3 Å². The molecule has 0 unspecified atom stereocenters. The lowest BCUT2D eigenvalue weighted by atomic mass is 10.6. The maximum Gasteiger partial charge on any atom is 0.148 e. The zero-order chi connectivity index (χ0) is 5.98. The Balaban J connectivity index is 2.63. The fraction of sp³-hybridized carbons (Fsp3) is 0. The third-order valence-corrected chi connectivity index (χ3v) is 0.812. The minimum Gasteiger partial charge on any atom is -0.382 e. The third-order valence-electron chi connectivity index (χ3n) is 0.638. The SMILES string of the molecule is NC1=NN(Cl)NC=C1. The summed E-state index contributed by atoms with van der Waals surface area (Å²) < 4.78 is 1.01. The molecule has 1 aliphatic rings. The summed E-state index contributed by atoms with van der Waals surface area (Å²) in [5.74, 6) is 0.388. The first-order valence-corrected chi connectivity index (χ1v) is 2.35. The molecule has 1 rings (SSSR count). The molecule has 0 amide bonds. The van der Waals surface area contributed by atoms with Gasteiger partial charge in [-0.15, -0.1) is 9.74 Å². The van der Waals surface area contributed by atoms with E-state index in [9.17, 15) is 0 Å². The van der Waals surface area contributed by atoms with Gasteiger partial charge in [0.05, 0.1) is 11.8 Å². The summed E-state index contributed by atoms with van der Waals surface area (Å²) in [5, 5.41) is 3.58. The van der Waals surface area contributed by atoms with Crippen molar-refractivity contribution in [3.63, 3.8) is 0 Å². The first kappa shape index (κ1) is 5.24. The quantitative estimate of drug-likeness (QED) is 0.447. The van der Waals surface area contributed by atoms with Gasteiger partial charge in [0.1, 0.15) is 5.84 Å². The number of halogens is 1. The van der Waals surface area contributed by atoms with Gasteiger partial charge in [-0.3, -0.25) is 5.43 Å². The highest BCUT2D eigenvalue weighted by Gasteiger charge is 1.96. The zero-order valence-electron chi connectivity index (χ0n) is 4.00. The molecule has 0 aromatic heterocycles. The Bertz CT molecular complexity index is 140. The summed E-state index contributed by atoms with van der Waals surface area (Å²) in [6.07, 6.45) is 3.20. The van der Waals surface area contributed by atoms with Crippen LogP contribution in [-0.2, 0) is 0 Å². The van der Waals surface area contributed by atoms with Crippen molar-refractivity contribution in [2.75, 3.05) is 0 Å². The molecule has 8 heavy (non-hydrogen) atoms. The van der Waals surface area contributed by atoms with Crippen molar-refractivity contribution in [1.82, 2.24) is 10.1 Å². The van der Waals surface area contributed by atoms with Crippen molar-refractivity contribution < 1.29 is 0 Å². The normalized spacial score (nSPS) is 17.6. The van der Waals surface area contributed by atoms with Gasteiger partial charge in [0.15, 0.2) is 0 Å². The number of hydrogen-bond donors (Lipinski definition) is 2. The minimum absolute atomic E-state index is 0.388. The van der Waals surface area contributed by atoms with Gasteiger partial charge in [-0.25, -0.2) is 0 Å². The summed E-state index contributed by atoms with van der Waals surface area (Å²) in [4.78, 5) is 0. The molecule has 3 N–H and O–H groups in total. The van der Waals surface area contributed by atoms with Crippen LogP contribution in [0.4, 0.5) is 0 Å². The molecule has 0 aromatic rings. The van der Waals surface area contributed by atoms with Gasteiger partial charge < -0.3 is 5.73 Å². The van der Waals surface area contributed by atoms with Crippen molar-refractivity contribution in [1.29, 1.82) is 0 Å². The lowest BCUT2D eigenvalue weighted by Crippen LogP contribution is -2.27. The predicted octanol–water partition coefficient (Wildman–Crippen LogP) is -0.254. The molecule has 44 valence electrons.